The number of hydrogen-bond acceptors (Lipinski definition) is 7. The molecule has 0 N–H and O–H groups in total. The van der Waals surface area contributed by atoms with Crippen molar-refractivity contribution in [3.05, 3.63) is 29.8 Å². The summed E-state index contributed by atoms with van der Waals surface area (Å²) in [6, 6.07) is 7.05. The Hall–Kier alpha value is -2.57. The summed E-state index contributed by atoms with van der Waals surface area (Å²) in [5.74, 6) is -0.890. The van der Waals surface area contributed by atoms with Crippen LogP contribution in [-0.2, 0) is 23.8 Å². The highest BCUT2D eigenvalue weighted by molar-refractivity contribution is 6.09. The van der Waals surface area contributed by atoms with Crippen molar-refractivity contribution in [2.45, 2.75) is 39.3 Å². The van der Waals surface area contributed by atoms with Crippen molar-refractivity contribution in [1.29, 1.82) is 0 Å². The van der Waals surface area contributed by atoms with E-state index < -0.39 is 23.6 Å². The zero-order valence-corrected chi connectivity index (χ0v) is 14.9. The fourth-order valence-electron chi connectivity index (χ4n) is 2.73. The normalized spacial score (nSPS) is 18.1. The second-order valence-electron chi connectivity index (χ2n) is 5.31. The highest BCUT2D eigenvalue weighted by Crippen LogP contribution is 2.43. The van der Waals surface area contributed by atoms with Gasteiger partial charge in [0, 0.05) is 12.5 Å². The number of benzene rings is 1. The van der Waals surface area contributed by atoms with Crippen LogP contribution in [0.1, 0.15) is 39.4 Å². The molecule has 7 nitrogen and oxygen atoms in total. The Balaban J connectivity index is 2.59. The molecular weight excluding hydrogens is 326 g/mol. The van der Waals surface area contributed by atoms with Gasteiger partial charge in [-0.3, -0.25) is 0 Å². The van der Waals surface area contributed by atoms with Crippen molar-refractivity contribution in [1.82, 2.24) is 0 Å². The zero-order chi connectivity index (χ0) is 18.4. The minimum Gasteiger partial charge on any atom is -0.493 e. The first kappa shape index (κ1) is 18.8. The smallest absolute Gasteiger partial charge is 0.350 e. The maximum Gasteiger partial charge on any atom is 0.350 e. The molecule has 1 aliphatic rings. The molecule has 7 heteroatoms. The Labute approximate surface area is 146 Å². The van der Waals surface area contributed by atoms with Gasteiger partial charge in [-0.05, 0) is 26.8 Å². The molecule has 136 valence electrons. The summed E-state index contributed by atoms with van der Waals surface area (Å²) in [7, 11) is 0. The number of aliphatic imine (C=N–C) groups is 1. The van der Waals surface area contributed by atoms with Gasteiger partial charge in [-0.1, -0.05) is 18.2 Å². The van der Waals surface area contributed by atoms with E-state index in [1.54, 1.807) is 45.0 Å². The summed E-state index contributed by atoms with van der Waals surface area (Å²) in [4.78, 5) is 29.7. The van der Waals surface area contributed by atoms with Crippen molar-refractivity contribution in [2.24, 2.45) is 4.99 Å². The first-order valence-electron chi connectivity index (χ1n) is 8.30. The Kier molecular flexibility index (Phi) is 6.01. The van der Waals surface area contributed by atoms with Crippen LogP contribution in [0.2, 0.25) is 0 Å². The molecule has 1 unspecified atom stereocenters. The molecule has 1 heterocycles. The van der Waals surface area contributed by atoms with Gasteiger partial charge in [-0.25, -0.2) is 14.6 Å². The van der Waals surface area contributed by atoms with Gasteiger partial charge in [-0.15, -0.1) is 0 Å². The summed E-state index contributed by atoms with van der Waals surface area (Å²) in [5, 5.41) is 0. The molecule has 0 saturated carbocycles. The lowest BCUT2D eigenvalue weighted by Gasteiger charge is -2.28. The maximum absolute atomic E-state index is 12.7. The van der Waals surface area contributed by atoms with Crippen molar-refractivity contribution in [3.63, 3.8) is 0 Å². The standard InChI is InChI=1S/C18H23NO6/c1-5-22-14-11-9-8-10-13(14)15-18(16(20)23-6-2,17(21)24-7-3)19-12(4)25-15/h8-11,15H,5-7H2,1-4H3. The van der Waals surface area contributed by atoms with Gasteiger partial charge in [0.05, 0.1) is 19.8 Å². The van der Waals surface area contributed by atoms with Crippen LogP contribution in [-0.4, -0.2) is 43.2 Å². The third-order valence-corrected chi connectivity index (χ3v) is 3.68. The summed E-state index contributed by atoms with van der Waals surface area (Å²) in [6.45, 7) is 7.38. The second-order valence-corrected chi connectivity index (χ2v) is 5.31. The van der Waals surface area contributed by atoms with Gasteiger partial charge in [0.1, 0.15) is 5.75 Å². The predicted octanol–water partition coefficient (Wildman–Crippen LogP) is 2.44. The highest BCUT2D eigenvalue weighted by atomic mass is 16.6. The van der Waals surface area contributed by atoms with Crippen molar-refractivity contribution < 1.29 is 28.5 Å². The molecule has 0 amide bonds. The fraction of sp³-hybridized carbons (Fsp3) is 0.500. The number of carbonyl (C=O) groups excluding carboxylic acids is 2. The van der Waals surface area contributed by atoms with Crippen molar-refractivity contribution in [2.75, 3.05) is 19.8 Å². The van der Waals surface area contributed by atoms with Crippen molar-refractivity contribution >= 4 is 17.8 Å². The van der Waals surface area contributed by atoms with E-state index in [1.807, 2.05) is 6.92 Å². The summed E-state index contributed by atoms with van der Waals surface area (Å²) < 4.78 is 21.6. The maximum atomic E-state index is 12.7. The van der Waals surface area contributed by atoms with Gasteiger partial charge in [0.15, 0.2) is 12.0 Å². The Morgan fingerprint density at radius 2 is 1.68 bits per heavy atom. The molecule has 1 aliphatic heterocycles. The number of nitrogens with zero attached hydrogens (tertiary/aromatic N) is 1. The lowest BCUT2D eigenvalue weighted by atomic mass is 9.87. The molecule has 0 aromatic heterocycles. The average molecular weight is 349 g/mol. The monoisotopic (exact) mass is 349 g/mol. The van der Waals surface area contributed by atoms with E-state index in [1.165, 1.54) is 0 Å². The van der Waals surface area contributed by atoms with E-state index in [4.69, 9.17) is 18.9 Å². The van der Waals surface area contributed by atoms with Crippen LogP contribution in [0.15, 0.2) is 29.3 Å². The lowest BCUT2D eigenvalue weighted by molar-refractivity contribution is -0.167. The van der Waals surface area contributed by atoms with E-state index >= 15 is 0 Å². The number of esters is 2. The molecule has 1 atom stereocenters. The molecule has 0 radical (unpaired) electrons. The minimum atomic E-state index is -1.94. The highest BCUT2D eigenvalue weighted by Gasteiger charge is 2.61. The molecule has 0 fully saturated rings. The van der Waals surface area contributed by atoms with Crippen LogP contribution in [0, 0.1) is 0 Å². The largest absolute Gasteiger partial charge is 0.493 e. The van der Waals surface area contributed by atoms with E-state index in [2.05, 4.69) is 4.99 Å². The number of hydrogen-bond donors (Lipinski definition) is 0. The number of rotatable bonds is 7. The Morgan fingerprint density at radius 3 is 2.24 bits per heavy atom. The Bertz CT molecular complexity index is 651. The molecular formula is C18H23NO6. The topological polar surface area (TPSA) is 83.4 Å². The third-order valence-electron chi connectivity index (χ3n) is 3.68. The van der Waals surface area contributed by atoms with Crippen molar-refractivity contribution in [3.8, 4) is 5.75 Å². The summed E-state index contributed by atoms with van der Waals surface area (Å²) in [5.41, 5.74) is -1.41. The van der Waals surface area contributed by atoms with Gasteiger partial charge >= 0.3 is 11.9 Å². The van der Waals surface area contributed by atoms with Crippen LogP contribution in [0.3, 0.4) is 0 Å². The van der Waals surface area contributed by atoms with Crippen LogP contribution < -0.4 is 4.74 Å². The van der Waals surface area contributed by atoms with Gasteiger partial charge in [-0.2, -0.15) is 0 Å². The van der Waals surface area contributed by atoms with E-state index in [-0.39, 0.29) is 19.1 Å². The number of ether oxygens (including phenoxy) is 4. The molecule has 25 heavy (non-hydrogen) atoms. The predicted molar refractivity (Wildman–Crippen MR) is 90.5 cm³/mol. The average Bonchev–Trinajstić information content (AvgIpc) is 2.94. The SMILES string of the molecule is CCOC(=O)C1(C(=O)OCC)N=C(C)OC1c1ccccc1OCC. The summed E-state index contributed by atoms with van der Waals surface area (Å²) in [6.07, 6.45) is -1.02. The van der Waals surface area contributed by atoms with Crippen LogP contribution >= 0.6 is 0 Å². The first-order valence-corrected chi connectivity index (χ1v) is 8.30. The zero-order valence-electron chi connectivity index (χ0n) is 14.9. The second kappa shape index (κ2) is 8.00. The van der Waals surface area contributed by atoms with E-state index in [0.29, 0.717) is 17.9 Å². The quantitative estimate of drug-likeness (QED) is 0.555. The van der Waals surface area contributed by atoms with Gasteiger partial charge in [0.2, 0.25) is 0 Å². The van der Waals surface area contributed by atoms with Gasteiger partial charge in [0.25, 0.3) is 5.54 Å². The number of carbonyl (C=O) groups is 2. The summed E-state index contributed by atoms with van der Waals surface area (Å²) >= 11 is 0. The van der Waals surface area contributed by atoms with E-state index in [9.17, 15) is 9.59 Å². The van der Waals surface area contributed by atoms with E-state index in [0.717, 1.165) is 0 Å². The first-order chi connectivity index (χ1) is 12.0. The van der Waals surface area contributed by atoms with Crippen LogP contribution in [0.5, 0.6) is 5.75 Å². The minimum absolute atomic E-state index is 0.106. The number of para-hydroxylation sites is 1. The molecule has 0 bridgehead atoms. The molecule has 0 saturated heterocycles. The van der Waals surface area contributed by atoms with Crippen LogP contribution in [0.4, 0.5) is 0 Å². The molecule has 2 rings (SSSR count). The Morgan fingerprint density at radius 1 is 1.08 bits per heavy atom. The van der Waals surface area contributed by atoms with Gasteiger partial charge < -0.3 is 18.9 Å². The molecule has 0 aliphatic carbocycles. The molecule has 1 aromatic rings. The lowest BCUT2D eigenvalue weighted by Crippen LogP contribution is -2.50. The molecule has 0 spiro atoms. The third kappa shape index (κ3) is 3.45. The fourth-order valence-corrected chi connectivity index (χ4v) is 2.73. The molecule has 1 aromatic carbocycles. The van der Waals surface area contributed by atoms with Crippen LogP contribution in [0.25, 0.3) is 0 Å².